The lowest BCUT2D eigenvalue weighted by Gasteiger charge is -2.12. The number of hydrogen-bond acceptors (Lipinski definition) is 6. The van der Waals surface area contributed by atoms with E-state index in [0.29, 0.717) is 18.0 Å². The summed E-state index contributed by atoms with van der Waals surface area (Å²) in [5, 5.41) is 11.6. The highest BCUT2D eigenvalue weighted by Gasteiger charge is 2.29. The molecule has 28 heavy (non-hydrogen) atoms. The number of carbonyl (C=O) groups excluding carboxylic acids is 1. The Balaban J connectivity index is 1.58. The van der Waals surface area contributed by atoms with Gasteiger partial charge in [-0.2, -0.15) is 0 Å². The molecule has 1 N–H and O–H groups in total. The first-order chi connectivity index (χ1) is 13.3. The highest BCUT2D eigenvalue weighted by molar-refractivity contribution is 8.00. The third-order valence-corrected chi connectivity index (χ3v) is 7.98. The summed E-state index contributed by atoms with van der Waals surface area (Å²) >= 11 is 1.34. The minimum Gasteiger partial charge on any atom is -0.325 e. The van der Waals surface area contributed by atoms with Crippen molar-refractivity contribution < 1.29 is 13.2 Å². The average Bonchev–Trinajstić information content (AvgIpc) is 3.18. The normalized spacial score (nSPS) is 19.5. The first kappa shape index (κ1) is 20.9. The average molecular weight is 423 g/mol. The summed E-state index contributed by atoms with van der Waals surface area (Å²) in [6.07, 6.45) is 2.22. The summed E-state index contributed by atoms with van der Waals surface area (Å²) in [6.45, 7) is 3.92. The van der Waals surface area contributed by atoms with E-state index in [1.165, 1.54) is 17.3 Å². The molecule has 0 spiro atoms. The summed E-state index contributed by atoms with van der Waals surface area (Å²) in [6, 6.07) is 7.82. The molecule has 9 heteroatoms. The van der Waals surface area contributed by atoms with Gasteiger partial charge in [0.25, 0.3) is 0 Å². The fourth-order valence-electron chi connectivity index (χ4n) is 3.20. The Morgan fingerprint density at radius 1 is 1.32 bits per heavy atom. The molecule has 1 saturated heterocycles. The number of carbonyl (C=O) groups is 1. The van der Waals surface area contributed by atoms with Crippen molar-refractivity contribution in [2.24, 2.45) is 13.0 Å². The Morgan fingerprint density at radius 3 is 2.64 bits per heavy atom. The van der Waals surface area contributed by atoms with Crippen LogP contribution in [0, 0.1) is 5.92 Å². The monoisotopic (exact) mass is 422 g/mol. The lowest BCUT2D eigenvalue weighted by Crippen LogP contribution is -2.22. The van der Waals surface area contributed by atoms with E-state index in [2.05, 4.69) is 22.4 Å². The van der Waals surface area contributed by atoms with E-state index < -0.39 is 9.84 Å². The third-order valence-electron chi connectivity index (χ3n) is 5.00. The number of rotatable bonds is 7. The highest BCUT2D eigenvalue weighted by atomic mass is 32.2. The zero-order valence-electron chi connectivity index (χ0n) is 16.4. The maximum absolute atomic E-state index is 12.5. The number of nitrogens with zero attached hydrogens (tertiary/aromatic N) is 3. The largest absolute Gasteiger partial charge is 0.325 e. The Hall–Kier alpha value is -1.87. The Labute approximate surface area is 170 Å². The van der Waals surface area contributed by atoms with Gasteiger partial charge < -0.3 is 9.88 Å². The van der Waals surface area contributed by atoms with E-state index >= 15 is 0 Å². The Bertz CT molecular complexity index is 939. The van der Waals surface area contributed by atoms with Gasteiger partial charge in [0.15, 0.2) is 15.0 Å². The molecule has 7 nitrogen and oxygen atoms in total. The summed E-state index contributed by atoms with van der Waals surface area (Å²) < 4.78 is 25.1. The van der Waals surface area contributed by atoms with Crippen LogP contribution in [-0.4, -0.2) is 45.8 Å². The predicted octanol–water partition coefficient (Wildman–Crippen LogP) is 2.47. The highest BCUT2D eigenvalue weighted by Crippen LogP contribution is 2.26. The van der Waals surface area contributed by atoms with Crippen LogP contribution in [0.4, 0.5) is 5.69 Å². The van der Waals surface area contributed by atoms with E-state index in [1.54, 1.807) is 0 Å². The van der Waals surface area contributed by atoms with Crippen molar-refractivity contribution in [1.29, 1.82) is 0 Å². The topological polar surface area (TPSA) is 94.0 Å². The smallest absolute Gasteiger partial charge is 0.237 e. The molecule has 2 atom stereocenters. The van der Waals surface area contributed by atoms with Crippen molar-refractivity contribution >= 4 is 33.2 Å². The van der Waals surface area contributed by atoms with Crippen LogP contribution in [0.2, 0.25) is 0 Å². The first-order valence-corrected chi connectivity index (χ1v) is 12.1. The second-order valence-corrected chi connectivity index (χ2v) is 10.8. The first-order valence-electron chi connectivity index (χ1n) is 9.42. The minimum atomic E-state index is -2.90. The molecule has 1 aromatic heterocycles. The van der Waals surface area contributed by atoms with Crippen molar-refractivity contribution in [3.05, 3.63) is 35.7 Å². The number of amides is 1. The maximum atomic E-state index is 12.5. The molecule has 3 rings (SSSR count). The van der Waals surface area contributed by atoms with Crippen LogP contribution < -0.4 is 5.32 Å². The van der Waals surface area contributed by atoms with E-state index in [4.69, 9.17) is 0 Å². The van der Waals surface area contributed by atoms with E-state index in [-0.39, 0.29) is 28.6 Å². The van der Waals surface area contributed by atoms with Crippen LogP contribution >= 0.6 is 11.8 Å². The van der Waals surface area contributed by atoms with Crippen molar-refractivity contribution in [2.75, 3.05) is 16.8 Å². The zero-order valence-corrected chi connectivity index (χ0v) is 18.0. The summed E-state index contributed by atoms with van der Waals surface area (Å²) in [7, 11) is -1.05. The van der Waals surface area contributed by atoms with E-state index in [1.807, 2.05) is 42.8 Å². The predicted molar refractivity (Wildman–Crippen MR) is 111 cm³/mol. The molecular weight excluding hydrogens is 396 g/mol. The minimum absolute atomic E-state index is 0.0950. The Kier molecular flexibility index (Phi) is 6.44. The fourth-order valence-corrected chi connectivity index (χ4v) is 5.89. The van der Waals surface area contributed by atoms with Gasteiger partial charge in [-0.05, 0) is 43.4 Å². The van der Waals surface area contributed by atoms with Gasteiger partial charge in [-0.15, -0.1) is 10.2 Å². The lowest BCUT2D eigenvalue weighted by molar-refractivity contribution is -0.115. The number of sulfone groups is 1. The second kappa shape index (κ2) is 8.65. The molecular formula is C19H26N4O3S2. The molecule has 1 aliphatic heterocycles. The third kappa shape index (κ3) is 5.14. The fraction of sp³-hybridized carbons (Fsp3) is 0.526. The number of thioether (sulfide) groups is 1. The van der Waals surface area contributed by atoms with E-state index in [9.17, 15) is 13.2 Å². The molecule has 0 unspecified atom stereocenters. The number of nitrogens with one attached hydrogen (secondary N) is 1. The number of anilines is 1. The molecule has 1 amide bonds. The van der Waals surface area contributed by atoms with Crippen LogP contribution in [0.5, 0.6) is 0 Å². The number of aryl methyl sites for hydroxylation is 1. The van der Waals surface area contributed by atoms with Crippen LogP contribution in [0.15, 0.2) is 29.4 Å². The molecule has 1 fully saturated rings. The number of benzene rings is 1. The molecule has 2 aromatic rings. The Morgan fingerprint density at radius 2 is 2.04 bits per heavy atom. The molecule has 152 valence electrons. The zero-order chi connectivity index (χ0) is 20.3. The summed E-state index contributed by atoms with van der Waals surface area (Å²) in [5.74, 6) is 1.23. The van der Waals surface area contributed by atoms with Crippen molar-refractivity contribution in [3.8, 4) is 0 Å². The van der Waals surface area contributed by atoms with Gasteiger partial charge in [-0.3, -0.25) is 4.79 Å². The van der Waals surface area contributed by atoms with Crippen LogP contribution in [-0.2, 0) is 34.5 Å². The summed E-state index contributed by atoms with van der Waals surface area (Å²) in [5.41, 5.74) is 2.00. The van der Waals surface area contributed by atoms with E-state index in [0.717, 1.165) is 17.9 Å². The van der Waals surface area contributed by atoms with Crippen LogP contribution in [0.1, 0.15) is 31.7 Å². The second-order valence-electron chi connectivity index (χ2n) is 7.23. The SMILES string of the molecule is CCc1ccc(NC(=O)[C@@H](C)Sc2nnc(C[C@H]3CCS(=O)(=O)C3)n2C)cc1. The molecule has 1 aromatic carbocycles. The van der Waals surface area contributed by atoms with Gasteiger partial charge in [0.05, 0.1) is 16.8 Å². The molecule has 1 aliphatic rings. The molecule has 0 saturated carbocycles. The van der Waals surface area contributed by atoms with Crippen molar-refractivity contribution in [1.82, 2.24) is 14.8 Å². The van der Waals surface area contributed by atoms with Crippen molar-refractivity contribution in [2.45, 2.75) is 43.5 Å². The maximum Gasteiger partial charge on any atom is 0.237 e. The molecule has 0 aliphatic carbocycles. The summed E-state index contributed by atoms with van der Waals surface area (Å²) in [4.78, 5) is 12.5. The standard InChI is InChI=1S/C19H26N4O3S2/c1-4-14-5-7-16(8-6-14)20-18(24)13(2)27-19-22-21-17(23(19)3)11-15-9-10-28(25,26)12-15/h5-8,13,15H,4,9-12H2,1-3H3,(H,20,24)/t13-,15-/m1/s1. The van der Waals surface area contributed by atoms with Gasteiger partial charge in [0.1, 0.15) is 5.82 Å². The van der Waals surface area contributed by atoms with Crippen LogP contribution in [0.25, 0.3) is 0 Å². The van der Waals surface area contributed by atoms with Gasteiger partial charge in [0, 0.05) is 19.2 Å². The molecule has 2 heterocycles. The van der Waals surface area contributed by atoms with Gasteiger partial charge >= 0.3 is 0 Å². The molecule has 0 radical (unpaired) electrons. The molecule has 0 bridgehead atoms. The van der Waals surface area contributed by atoms with Crippen molar-refractivity contribution in [3.63, 3.8) is 0 Å². The van der Waals surface area contributed by atoms with Gasteiger partial charge in [0.2, 0.25) is 5.91 Å². The van der Waals surface area contributed by atoms with Gasteiger partial charge in [-0.1, -0.05) is 30.8 Å². The number of aromatic nitrogens is 3. The lowest BCUT2D eigenvalue weighted by atomic mass is 10.1. The quantitative estimate of drug-likeness (QED) is 0.689. The number of hydrogen-bond donors (Lipinski definition) is 1. The van der Waals surface area contributed by atoms with Gasteiger partial charge in [-0.25, -0.2) is 8.42 Å². The van der Waals surface area contributed by atoms with Crippen LogP contribution in [0.3, 0.4) is 0 Å².